The summed E-state index contributed by atoms with van der Waals surface area (Å²) in [7, 11) is 0. The molecule has 1 atom stereocenters. The number of likely N-dealkylation sites (tertiary alicyclic amines) is 1. The molecule has 0 aliphatic carbocycles. The van der Waals surface area contributed by atoms with Crippen LogP contribution in [-0.2, 0) is 0 Å². The zero-order valence-corrected chi connectivity index (χ0v) is 15.0. The van der Waals surface area contributed by atoms with Gasteiger partial charge in [0.1, 0.15) is 0 Å². The number of nitrogens with zero attached hydrogens (tertiary/aromatic N) is 1. The summed E-state index contributed by atoms with van der Waals surface area (Å²) in [6, 6.07) is 7.45. The van der Waals surface area contributed by atoms with Gasteiger partial charge < -0.3 is 14.8 Å². The standard InChI is InChI=1S/C17H24N2O2S2/c1-2-14(9-19(5-1)15-10-22-6-7-23-11-15)18-13-3-4-16-17(8-13)21-12-20-16/h3-4,8,14-15,18H,1-2,5-7,9-12H2. The van der Waals surface area contributed by atoms with Gasteiger partial charge in [-0.2, -0.15) is 23.5 Å². The molecule has 4 rings (SSSR count). The van der Waals surface area contributed by atoms with E-state index in [1.807, 2.05) is 6.07 Å². The fraction of sp³-hybridized carbons (Fsp3) is 0.647. The number of hydrogen-bond acceptors (Lipinski definition) is 6. The van der Waals surface area contributed by atoms with Crippen molar-refractivity contribution in [3.8, 4) is 11.5 Å². The minimum Gasteiger partial charge on any atom is -0.454 e. The Morgan fingerprint density at radius 3 is 2.78 bits per heavy atom. The van der Waals surface area contributed by atoms with Crippen LogP contribution in [0.15, 0.2) is 18.2 Å². The minimum absolute atomic E-state index is 0.340. The third-order valence-electron chi connectivity index (χ3n) is 4.71. The van der Waals surface area contributed by atoms with E-state index >= 15 is 0 Å². The van der Waals surface area contributed by atoms with Crippen LogP contribution in [0, 0.1) is 0 Å². The van der Waals surface area contributed by atoms with Gasteiger partial charge in [0.25, 0.3) is 0 Å². The molecule has 2 saturated heterocycles. The highest BCUT2D eigenvalue weighted by molar-refractivity contribution is 8.03. The zero-order valence-electron chi connectivity index (χ0n) is 13.3. The first-order valence-electron chi connectivity index (χ1n) is 8.44. The molecular formula is C17H24N2O2S2. The summed E-state index contributed by atoms with van der Waals surface area (Å²) in [6.07, 6.45) is 2.53. The molecular weight excluding hydrogens is 328 g/mol. The Balaban J connectivity index is 1.37. The highest BCUT2D eigenvalue weighted by atomic mass is 32.2. The summed E-state index contributed by atoms with van der Waals surface area (Å²) in [5.74, 6) is 6.93. The van der Waals surface area contributed by atoms with Gasteiger partial charge in [-0.25, -0.2) is 0 Å². The van der Waals surface area contributed by atoms with E-state index in [0.29, 0.717) is 12.8 Å². The van der Waals surface area contributed by atoms with E-state index in [-0.39, 0.29) is 0 Å². The molecule has 2 fully saturated rings. The van der Waals surface area contributed by atoms with Gasteiger partial charge in [-0.15, -0.1) is 0 Å². The Morgan fingerprint density at radius 1 is 1.09 bits per heavy atom. The molecule has 0 radical (unpaired) electrons. The maximum absolute atomic E-state index is 5.48. The number of ether oxygens (including phenoxy) is 2. The Bertz CT molecular complexity index is 535. The molecule has 126 valence electrons. The topological polar surface area (TPSA) is 33.7 Å². The lowest BCUT2D eigenvalue weighted by atomic mass is 10.0. The first-order valence-corrected chi connectivity index (χ1v) is 10.8. The second kappa shape index (κ2) is 7.45. The first kappa shape index (κ1) is 15.8. The van der Waals surface area contributed by atoms with Crippen LogP contribution in [0.1, 0.15) is 12.8 Å². The van der Waals surface area contributed by atoms with Gasteiger partial charge in [0.15, 0.2) is 11.5 Å². The summed E-state index contributed by atoms with van der Waals surface area (Å²) in [6.45, 7) is 2.75. The average molecular weight is 353 g/mol. The van der Waals surface area contributed by atoms with Crippen LogP contribution in [0.25, 0.3) is 0 Å². The van der Waals surface area contributed by atoms with E-state index in [1.165, 1.54) is 42.4 Å². The quantitative estimate of drug-likeness (QED) is 0.900. The number of fused-ring (bicyclic) bond motifs is 1. The van der Waals surface area contributed by atoms with Crippen molar-refractivity contribution < 1.29 is 9.47 Å². The van der Waals surface area contributed by atoms with Crippen molar-refractivity contribution in [3.05, 3.63) is 18.2 Å². The lowest BCUT2D eigenvalue weighted by Gasteiger charge is -2.38. The number of hydrogen-bond donors (Lipinski definition) is 1. The van der Waals surface area contributed by atoms with Crippen molar-refractivity contribution in [1.82, 2.24) is 4.90 Å². The number of anilines is 1. The van der Waals surface area contributed by atoms with Crippen LogP contribution >= 0.6 is 23.5 Å². The van der Waals surface area contributed by atoms with Crippen molar-refractivity contribution in [2.75, 3.05) is 48.2 Å². The molecule has 0 amide bonds. The molecule has 3 aliphatic rings. The van der Waals surface area contributed by atoms with Crippen LogP contribution in [-0.4, -0.2) is 59.9 Å². The van der Waals surface area contributed by atoms with Crippen LogP contribution in [0.3, 0.4) is 0 Å². The third-order valence-corrected chi connectivity index (χ3v) is 7.19. The highest BCUT2D eigenvalue weighted by Gasteiger charge is 2.27. The Labute approximate surface area is 146 Å². The molecule has 3 heterocycles. The van der Waals surface area contributed by atoms with Crippen molar-refractivity contribution in [2.24, 2.45) is 0 Å². The predicted octanol–water partition coefficient (Wildman–Crippen LogP) is 3.14. The Morgan fingerprint density at radius 2 is 1.91 bits per heavy atom. The molecule has 1 unspecified atom stereocenters. The normalized spacial score (nSPS) is 26.0. The molecule has 0 spiro atoms. The molecule has 0 bridgehead atoms. The summed E-state index contributed by atoms with van der Waals surface area (Å²) < 4.78 is 10.9. The summed E-state index contributed by atoms with van der Waals surface area (Å²) >= 11 is 4.25. The lowest BCUT2D eigenvalue weighted by Crippen LogP contribution is -2.48. The Kier molecular flexibility index (Phi) is 5.11. The van der Waals surface area contributed by atoms with Crippen LogP contribution < -0.4 is 14.8 Å². The maximum atomic E-state index is 5.48. The molecule has 3 aliphatic heterocycles. The van der Waals surface area contributed by atoms with E-state index < -0.39 is 0 Å². The lowest BCUT2D eigenvalue weighted by molar-refractivity contribution is 0.174. The van der Waals surface area contributed by atoms with E-state index in [0.717, 1.165) is 29.8 Å². The average Bonchev–Trinajstić information content (AvgIpc) is 2.87. The van der Waals surface area contributed by atoms with Gasteiger partial charge in [0.2, 0.25) is 6.79 Å². The molecule has 23 heavy (non-hydrogen) atoms. The predicted molar refractivity (Wildman–Crippen MR) is 99.2 cm³/mol. The largest absolute Gasteiger partial charge is 0.454 e. The van der Waals surface area contributed by atoms with Crippen molar-refractivity contribution in [1.29, 1.82) is 0 Å². The minimum atomic E-state index is 0.340. The number of piperidine rings is 1. The Hall–Kier alpha value is -0.720. The zero-order chi connectivity index (χ0) is 15.5. The van der Waals surface area contributed by atoms with Gasteiger partial charge in [-0.1, -0.05) is 0 Å². The maximum Gasteiger partial charge on any atom is 0.231 e. The molecule has 1 aromatic carbocycles. The molecule has 1 N–H and O–H groups in total. The molecule has 1 aromatic rings. The van der Waals surface area contributed by atoms with Gasteiger partial charge in [-0.05, 0) is 31.5 Å². The fourth-order valence-corrected chi connectivity index (χ4v) is 6.12. The number of thioether (sulfide) groups is 2. The van der Waals surface area contributed by atoms with Gasteiger partial charge in [0, 0.05) is 53.4 Å². The first-order chi connectivity index (χ1) is 11.4. The summed E-state index contributed by atoms with van der Waals surface area (Å²) in [5.41, 5.74) is 1.14. The van der Waals surface area contributed by atoms with Gasteiger partial charge in [0.05, 0.1) is 0 Å². The number of rotatable bonds is 3. The molecule has 6 heteroatoms. The third kappa shape index (κ3) is 3.86. The van der Waals surface area contributed by atoms with E-state index in [4.69, 9.17) is 9.47 Å². The van der Waals surface area contributed by atoms with E-state index in [2.05, 4.69) is 45.9 Å². The van der Waals surface area contributed by atoms with Crippen LogP contribution in [0.2, 0.25) is 0 Å². The van der Waals surface area contributed by atoms with Crippen LogP contribution in [0.4, 0.5) is 5.69 Å². The fourth-order valence-electron chi connectivity index (χ4n) is 3.49. The number of nitrogens with one attached hydrogen (secondary N) is 1. The van der Waals surface area contributed by atoms with Gasteiger partial charge in [-0.3, -0.25) is 4.90 Å². The second-order valence-electron chi connectivity index (χ2n) is 6.35. The summed E-state index contributed by atoms with van der Waals surface area (Å²) in [4.78, 5) is 2.71. The SMILES string of the molecule is c1cc2c(cc1NC1CCCN(C3CSCCSC3)C1)OCO2. The van der Waals surface area contributed by atoms with E-state index in [9.17, 15) is 0 Å². The number of benzene rings is 1. The molecule has 0 saturated carbocycles. The highest BCUT2D eigenvalue weighted by Crippen LogP contribution is 2.34. The molecule has 4 nitrogen and oxygen atoms in total. The van der Waals surface area contributed by atoms with Crippen LogP contribution in [0.5, 0.6) is 11.5 Å². The van der Waals surface area contributed by atoms with Gasteiger partial charge >= 0.3 is 0 Å². The molecule has 0 aromatic heterocycles. The van der Waals surface area contributed by atoms with Crippen molar-refractivity contribution >= 4 is 29.2 Å². The second-order valence-corrected chi connectivity index (χ2v) is 8.65. The smallest absolute Gasteiger partial charge is 0.231 e. The monoisotopic (exact) mass is 352 g/mol. The van der Waals surface area contributed by atoms with Crippen molar-refractivity contribution in [2.45, 2.75) is 24.9 Å². The van der Waals surface area contributed by atoms with E-state index in [1.54, 1.807) is 0 Å². The summed E-state index contributed by atoms with van der Waals surface area (Å²) in [5, 5.41) is 3.70. The van der Waals surface area contributed by atoms with Crippen molar-refractivity contribution in [3.63, 3.8) is 0 Å².